The van der Waals surface area contributed by atoms with Crippen LogP contribution in [0, 0.1) is 29.4 Å². The first kappa shape index (κ1) is 17.4. The SMILES string of the molecule is C=C[C@@H]1C2CCC(C2)C[C@@H]1OC(c1ccc(F)cc1)c1ccc(F)cc1. The normalized spacial score (nSPS) is 27.7. The molecule has 0 heterocycles. The van der Waals surface area contributed by atoms with Crippen molar-refractivity contribution in [3.8, 4) is 0 Å². The van der Waals surface area contributed by atoms with Crippen LogP contribution in [0.1, 0.15) is 42.9 Å². The molecule has 2 unspecified atom stereocenters. The maximum atomic E-state index is 13.4. The molecule has 0 aromatic heterocycles. The van der Waals surface area contributed by atoms with Crippen molar-refractivity contribution in [1.29, 1.82) is 0 Å². The lowest BCUT2D eigenvalue weighted by molar-refractivity contribution is -0.0507. The average Bonchev–Trinajstić information content (AvgIpc) is 3.03. The summed E-state index contributed by atoms with van der Waals surface area (Å²) < 4.78 is 33.4. The van der Waals surface area contributed by atoms with E-state index < -0.39 is 0 Å². The van der Waals surface area contributed by atoms with E-state index in [1.807, 2.05) is 6.08 Å². The molecule has 2 aromatic rings. The second-order valence-corrected chi connectivity index (χ2v) is 7.65. The van der Waals surface area contributed by atoms with Gasteiger partial charge in [0, 0.05) is 5.92 Å². The molecule has 0 radical (unpaired) electrons. The summed E-state index contributed by atoms with van der Waals surface area (Å²) in [6.45, 7) is 4.05. The molecule has 26 heavy (non-hydrogen) atoms. The molecule has 2 aliphatic carbocycles. The van der Waals surface area contributed by atoms with Crippen LogP contribution in [0.25, 0.3) is 0 Å². The Balaban J connectivity index is 1.65. The summed E-state index contributed by atoms with van der Waals surface area (Å²) in [5.74, 6) is 1.18. The molecule has 4 rings (SSSR count). The summed E-state index contributed by atoms with van der Waals surface area (Å²) in [6.07, 6.45) is 6.63. The monoisotopic (exact) mass is 354 g/mol. The van der Waals surface area contributed by atoms with Crippen LogP contribution in [0.3, 0.4) is 0 Å². The number of rotatable bonds is 5. The third-order valence-corrected chi connectivity index (χ3v) is 6.05. The Morgan fingerprint density at radius 3 is 2.00 bits per heavy atom. The quantitative estimate of drug-likeness (QED) is 0.593. The van der Waals surface area contributed by atoms with Gasteiger partial charge in [-0.3, -0.25) is 0 Å². The molecule has 1 nitrogen and oxygen atoms in total. The van der Waals surface area contributed by atoms with Crippen molar-refractivity contribution in [2.45, 2.75) is 37.9 Å². The van der Waals surface area contributed by atoms with Crippen molar-refractivity contribution < 1.29 is 13.5 Å². The fourth-order valence-electron chi connectivity index (χ4n) is 4.76. The van der Waals surface area contributed by atoms with E-state index in [9.17, 15) is 8.78 Å². The van der Waals surface area contributed by atoms with E-state index in [-0.39, 0.29) is 23.8 Å². The number of hydrogen-bond donors (Lipinski definition) is 0. The molecule has 136 valence electrons. The van der Waals surface area contributed by atoms with Crippen molar-refractivity contribution in [3.05, 3.63) is 83.9 Å². The maximum Gasteiger partial charge on any atom is 0.123 e. The molecule has 0 aliphatic heterocycles. The van der Waals surface area contributed by atoms with Gasteiger partial charge in [0.25, 0.3) is 0 Å². The number of fused-ring (bicyclic) bond motifs is 2. The molecule has 4 atom stereocenters. The predicted octanol–water partition coefficient (Wildman–Crippen LogP) is 6.06. The third kappa shape index (κ3) is 3.45. The highest BCUT2D eigenvalue weighted by molar-refractivity contribution is 5.30. The van der Waals surface area contributed by atoms with Gasteiger partial charge in [0.15, 0.2) is 0 Å². The number of ether oxygens (including phenoxy) is 1. The van der Waals surface area contributed by atoms with E-state index in [0.29, 0.717) is 11.8 Å². The zero-order valence-corrected chi connectivity index (χ0v) is 14.8. The van der Waals surface area contributed by atoms with Crippen molar-refractivity contribution in [2.75, 3.05) is 0 Å². The molecule has 0 amide bonds. The highest BCUT2D eigenvalue weighted by Gasteiger charge is 2.42. The largest absolute Gasteiger partial charge is 0.365 e. The summed E-state index contributed by atoms with van der Waals surface area (Å²) in [5, 5.41) is 0. The molecular weight excluding hydrogens is 330 g/mol. The number of benzene rings is 2. The molecule has 2 fully saturated rings. The van der Waals surface area contributed by atoms with Crippen LogP contribution in [-0.2, 0) is 4.74 Å². The maximum absolute atomic E-state index is 13.4. The summed E-state index contributed by atoms with van der Waals surface area (Å²) in [7, 11) is 0. The molecule has 2 saturated carbocycles. The predicted molar refractivity (Wildman–Crippen MR) is 98.7 cm³/mol. The zero-order valence-electron chi connectivity index (χ0n) is 14.8. The Morgan fingerprint density at radius 1 is 0.885 bits per heavy atom. The van der Waals surface area contributed by atoms with Crippen molar-refractivity contribution in [3.63, 3.8) is 0 Å². The van der Waals surface area contributed by atoms with E-state index in [1.54, 1.807) is 24.3 Å². The molecule has 2 bridgehead atoms. The van der Waals surface area contributed by atoms with Crippen LogP contribution in [0.4, 0.5) is 8.78 Å². The van der Waals surface area contributed by atoms with Gasteiger partial charge < -0.3 is 4.74 Å². The summed E-state index contributed by atoms with van der Waals surface area (Å²) in [5.41, 5.74) is 1.78. The Morgan fingerprint density at radius 2 is 1.46 bits per heavy atom. The molecule has 0 saturated heterocycles. The van der Waals surface area contributed by atoms with Gasteiger partial charge in [-0.2, -0.15) is 0 Å². The molecule has 0 spiro atoms. The van der Waals surface area contributed by atoms with Crippen LogP contribution in [0.2, 0.25) is 0 Å². The van der Waals surface area contributed by atoms with Gasteiger partial charge in [0.1, 0.15) is 17.7 Å². The Labute approximate surface area is 153 Å². The van der Waals surface area contributed by atoms with Gasteiger partial charge in [0.05, 0.1) is 6.10 Å². The first-order valence-corrected chi connectivity index (χ1v) is 9.43. The second kappa shape index (κ2) is 7.32. The third-order valence-electron chi connectivity index (χ3n) is 6.05. The lowest BCUT2D eigenvalue weighted by Gasteiger charge is -2.37. The van der Waals surface area contributed by atoms with Gasteiger partial charge in [-0.1, -0.05) is 36.8 Å². The number of halogens is 2. The summed E-state index contributed by atoms with van der Waals surface area (Å²) >= 11 is 0. The van der Waals surface area contributed by atoms with Crippen LogP contribution >= 0.6 is 0 Å². The van der Waals surface area contributed by atoms with E-state index in [0.717, 1.165) is 23.5 Å². The van der Waals surface area contributed by atoms with E-state index in [1.165, 1.54) is 43.5 Å². The fourth-order valence-corrected chi connectivity index (χ4v) is 4.76. The van der Waals surface area contributed by atoms with Crippen LogP contribution in [-0.4, -0.2) is 6.10 Å². The minimum absolute atomic E-state index is 0.0962. The van der Waals surface area contributed by atoms with Crippen LogP contribution in [0.15, 0.2) is 61.2 Å². The van der Waals surface area contributed by atoms with Crippen molar-refractivity contribution in [1.82, 2.24) is 0 Å². The standard InChI is InChI=1S/C23H24F2O/c1-2-21-18-4-3-15(13-18)14-22(21)26-23(16-5-9-19(24)10-6-16)17-7-11-20(25)12-8-17/h2,5-12,15,18,21-23H,1,3-4,13-14H2/t15?,18?,21-,22+/m1/s1. The number of hydrogen-bond acceptors (Lipinski definition) is 1. The van der Waals surface area contributed by atoms with Gasteiger partial charge in [-0.15, -0.1) is 6.58 Å². The molecule has 2 aliphatic rings. The highest BCUT2D eigenvalue weighted by Crippen LogP contribution is 2.48. The highest BCUT2D eigenvalue weighted by atomic mass is 19.1. The van der Waals surface area contributed by atoms with Gasteiger partial charge in [-0.05, 0) is 66.5 Å². The first-order chi connectivity index (χ1) is 12.6. The average molecular weight is 354 g/mol. The topological polar surface area (TPSA) is 9.23 Å². The van der Waals surface area contributed by atoms with Crippen molar-refractivity contribution >= 4 is 0 Å². The molecule has 3 heteroatoms. The van der Waals surface area contributed by atoms with Gasteiger partial charge >= 0.3 is 0 Å². The Hall–Kier alpha value is -2.00. The summed E-state index contributed by atoms with van der Waals surface area (Å²) in [4.78, 5) is 0. The van der Waals surface area contributed by atoms with Gasteiger partial charge in [0.2, 0.25) is 0 Å². The minimum atomic E-state index is -0.332. The summed E-state index contributed by atoms with van der Waals surface area (Å²) in [6, 6.07) is 12.8. The smallest absolute Gasteiger partial charge is 0.123 e. The molecule has 2 aromatic carbocycles. The van der Waals surface area contributed by atoms with Crippen molar-refractivity contribution in [2.24, 2.45) is 17.8 Å². The molecule has 0 N–H and O–H groups in total. The zero-order chi connectivity index (χ0) is 18.1. The van der Waals surface area contributed by atoms with E-state index in [2.05, 4.69) is 6.58 Å². The lowest BCUT2D eigenvalue weighted by atomic mass is 9.77. The van der Waals surface area contributed by atoms with E-state index >= 15 is 0 Å². The minimum Gasteiger partial charge on any atom is -0.365 e. The van der Waals surface area contributed by atoms with Crippen LogP contribution < -0.4 is 0 Å². The Bertz CT molecular complexity index is 707. The Kier molecular flexibility index (Phi) is 4.90. The molecular formula is C23H24F2O. The fraction of sp³-hybridized carbons (Fsp3) is 0.391. The first-order valence-electron chi connectivity index (χ1n) is 9.43. The second-order valence-electron chi connectivity index (χ2n) is 7.65. The lowest BCUT2D eigenvalue weighted by Crippen LogP contribution is -2.34. The van der Waals surface area contributed by atoms with Gasteiger partial charge in [-0.25, -0.2) is 8.78 Å². The van der Waals surface area contributed by atoms with E-state index in [4.69, 9.17) is 4.74 Å². The van der Waals surface area contributed by atoms with Crippen LogP contribution in [0.5, 0.6) is 0 Å².